The zero-order valence-corrected chi connectivity index (χ0v) is 8.09. The van der Waals surface area contributed by atoms with E-state index in [1.165, 1.54) is 0 Å². The van der Waals surface area contributed by atoms with Crippen molar-refractivity contribution in [2.75, 3.05) is 6.61 Å². The number of unbranched alkanes of at least 4 members (excludes halogenated alkanes) is 1. The lowest BCUT2D eigenvalue weighted by atomic mass is 9.80. The van der Waals surface area contributed by atoms with E-state index < -0.39 is 0 Å². The minimum absolute atomic E-state index is 0.136. The molecular weight excluding hydrogens is 166 g/mol. The molecule has 0 radical (unpaired) electrons. The number of hydrogen-bond donors (Lipinski definition) is 2. The standard InChI is InChI=1S/C10H19NO2/c11-9(13)10(5-1-2-6-10)7-3-4-8-12/h12H,1-8H2,(H2,11,13). The molecule has 3 nitrogen and oxygen atoms in total. The van der Waals surface area contributed by atoms with E-state index in [1.807, 2.05) is 0 Å². The Kier molecular flexibility index (Phi) is 3.72. The largest absolute Gasteiger partial charge is 0.396 e. The van der Waals surface area contributed by atoms with Crippen LogP contribution in [0.4, 0.5) is 0 Å². The van der Waals surface area contributed by atoms with Gasteiger partial charge < -0.3 is 10.8 Å². The smallest absolute Gasteiger partial charge is 0.223 e. The zero-order chi connectivity index (χ0) is 9.73. The summed E-state index contributed by atoms with van der Waals surface area (Å²) in [5.74, 6) is -0.136. The van der Waals surface area contributed by atoms with Crippen molar-refractivity contribution in [2.24, 2.45) is 11.1 Å². The van der Waals surface area contributed by atoms with Crippen LogP contribution in [0.15, 0.2) is 0 Å². The van der Waals surface area contributed by atoms with Gasteiger partial charge in [-0.15, -0.1) is 0 Å². The summed E-state index contributed by atoms with van der Waals surface area (Å²) in [6, 6.07) is 0. The lowest BCUT2D eigenvalue weighted by Gasteiger charge is -2.24. The van der Waals surface area contributed by atoms with Crippen molar-refractivity contribution in [1.82, 2.24) is 0 Å². The highest BCUT2D eigenvalue weighted by atomic mass is 16.2. The van der Waals surface area contributed by atoms with Gasteiger partial charge in [0.1, 0.15) is 0 Å². The van der Waals surface area contributed by atoms with Gasteiger partial charge in [0.05, 0.1) is 0 Å². The molecule has 76 valence electrons. The molecule has 13 heavy (non-hydrogen) atoms. The predicted octanol–water partition coefficient (Wildman–Crippen LogP) is 1.19. The maximum Gasteiger partial charge on any atom is 0.223 e. The van der Waals surface area contributed by atoms with Crippen LogP contribution in [0.25, 0.3) is 0 Å². The molecule has 1 rings (SSSR count). The van der Waals surface area contributed by atoms with Gasteiger partial charge in [0.2, 0.25) is 5.91 Å². The van der Waals surface area contributed by atoms with Crippen LogP contribution in [-0.2, 0) is 4.79 Å². The van der Waals surface area contributed by atoms with Crippen LogP contribution < -0.4 is 5.73 Å². The molecule has 1 amide bonds. The third kappa shape index (κ3) is 2.44. The normalized spacial score (nSPS) is 20.4. The maximum atomic E-state index is 11.3. The Labute approximate surface area is 79.3 Å². The molecule has 0 aliphatic heterocycles. The lowest BCUT2D eigenvalue weighted by molar-refractivity contribution is -0.127. The Morgan fingerprint density at radius 1 is 1.31 bits per heavy atom. The molecule has 0 aromatic carbocycles. The van der Waals surface area contributed by atoms with Crippen LogP contribution in [0.5, 0.6) is 0 Å². The molecule has 1 aliphatic rings. The quantitative estimate of drug-likeness (QED) is 0.632. The summed E-state index contributed by atoms with van der Waals surface area (Å²) < 4.78 is 0. The number of nitrogens with two attached hydrogens (primary N) is 1. The Morgan fingerprint density at radius 2 is 1.92 bits per heavy atom. The zero-order valence-electron chi connectivity index (χ0n) is 8.09. The van der Waals surface area contributed by atoms with Crippen molar-refractivity contribution in [3.05, 3.63) is 0 Å². The van der Waals surface area contributed by atoms with Crippen molar-refractivity contribution in [1.29, 1.82) is 0 Å². The first-order chi connectivity index (χ1) is 6.21. The summed E-state index contributed by atoms with van der Waals surface area (Å²) in [5, 5.41) is 8.65. The topological polar surface area (TPSA) is 63.3 Å². The molecule has 1 aliphatic carbocycles. The molecule has 0 heterocycles. The fourth-order valence-electron chi connectivity index (χ4n) is 2.25. The van der Waals surface area contributed by atoms with E-state index in [4.69, 9.17) is 10.8 Å². The van der Waals surface area contributed by atoms with E-state index in [0.29, 0.717) is 0 Å². The highest BCUT2D eigenvalue weighted by Crippen LogP contribution is 2.41. The Morgan fingerprint density at radius 3 is 2.38 bits per heavy atom. The molecule has 3 heteroatoms. The van der Waals surface area contributed by atoms with Gasteiger partial charge in [0.15, 0.2) is 0 Å². The number of primary amides is 1. The van der Waals surface area contributed by atoms with Gasteiger partial charge in [-0.05, 0) is 25.7 Å². The van der Waals surface area contributed by atoms with Crippen LogP contribution in [0.1, 0.15) is 44.9 Å². The minimum atomic E-state index is -0.227. The minimum Gasteiger partial charge on any atom is -0.396 e. The first-order valence-corrected chi connectivity index (χ1v) is 5.12. The monoisotopic (exact) mass is 185 g/mol. The van der Waals surface area contributed by atoms with E-state index >= 15 is 0 Å². The Hall–Kier alpha value is -0.570. The summed E-state index contributed by atoms with van der Waals surface area (Å²) in [7, 11) is 0. The van der Waals surface area contributed by atoms with Crippen molar-refractivity contribution in [3.63, 3.8) is 0 Å². The average Bonchev–Trinajstić information content (AvgIpc) is 2.55. The number of hydrogen-bond acceptors (Lipinski definition) is 2. The molecular formula is C10H19NO2. The molecule has 0 aromatic rings. The van der Waals surface area contributed by atoms with Crippen molar-refractivity contribution < 1.29 is 9.90 Å². The van der Waals surface area contributed by atoms with Gasteiger partial charge in [-0.2, -0.15) is 0 Å². The van der Waals surface area contributed by atoms with Crippen LogP contribution in [-0.4, -0.2) is 17.6 Å². The van der Waals surface area contributed by atoms with Gasteiger partial charge in [-0.1, -0.05) is 19.3 Å². The van der Waals surface area contributed by atoms with Crippen molar-refractivity contribution in [2.45, 2.75) is 44.9 Å². The van der Waals surface area contributed by atoms with E-state index in [-0.39, 0.29) is 17.9 Å². The summed E-state index contributed by atoms with van der Waals surface area (Å²) in [5.41, 5.74) is 5.19. The number of aliphatic hydroxyl groups excluding tert-OH is 1. The fourth-order valence-corrected chi connectivity index (χ4v) is 2.25. The Balaban J connectivity index is 2.43. The van der Waals surface area contributed by atoms with Crippen molar-refractivity contribution >= 4 is 5.91 Å². The van der Waals surface area contributed by atoms with Gasteiger partial charge in [0.25, 0.3) is 0 Å². The number of aliphatic hydroxyl groups is 1. The summed E-state index contributed by atoms with van der Waals surface area (Å²) in [4.78, 5) is 11.3. The third-order valence-corrected chi connectivity index (χ3v) is 3.15. The number of carbonyl (C=O) groups is 1. The third-order valence-electron chi connectivity index (χ3n) is 3.15. The molecule has 0 aromatic heterocycles. The van der Waals surface area contributed by atoms with Crippen LogP contribution in [0.2, 0.25) is 0 Å². The average molecular weight is 185 g/mol. The molecule has 0 spiro atoms. The molecule has 0 bridgehead atoms. The summed E-state index contributed by atoms with van der Waals surface area (Å²) in [6.07, 6.45) is 6.73. The van der Waals surface area contributed by atoms with Crippen molar-refractivity contribution in [3.8, 4) is 0 Å². The second-order valence-corrected chi connectivity index (χ2v) is 4.03. The summed E-state index contributed by atoms with van der Waals surface area (Å²) >= 11 is 0. The second-order valence-electron chi connectivity index (χ2n) is 4.03. The number of carbonyl (C=O) groups excluding carboxylic acids is 1. The first kappa shape index (κ1) is 10.5. The van der Waals surface area contributed by atoms with Gasteiger partial charge in [-0.3, -0.25) is 4.79 Å². The van der Waals surface area contributed by atoms with E-state index in [9.17, 15) is 4.79 Å². The fraction of sp³-hybridized carbons (Fsp3) is 0.900. The van der Waals surface area contributed by atoms with Gasteiger partial charge in [0, 0.05) is 12.0 Å². The SMILES string of the molecule is NC(=O)C1(CCCCO)CCCC1. The van der Waals surface area contributed by atoms with E-state index in [2.05, 4.69) is 0 Å². The summed E-state index contributed by atoms with van der Waals surface area (Å²) in [6.45, 7) is 0.217. The molecule has 0 atom stereocenters. The van der Waals surface area contributed by atoms with E-state index in [1.54, 1.807) is 0 Å². The molecule has 0 saturated heterocycles. The van der Waals surface area contributed by atoms with Gasteiger partial charge in [-0.25, -0.2) is 0 Å². The van der Waals surface area contributed by atoms with Crippen LogP contribution in [0, 0.1) is 5.41 Å². The predicted molar refractivity (Wildman–Crippen MR) is 51.0 cm³/mol. The molecule has 0 unspecified atom stereocenters. The second kappa shape index (κ2) is 4.61. The lowest BCUT2D eigenvalue weighted by Crippen LogP contribution is -2.34. The highest BCUT2D eigenvalue weighted by molar-refractivity contribution is 5.81. The van der Waals surface area contributed by atoms with Crippen LogP contribution >= 0.6 is 0 Å². The van der Waals surface area contributed by atoms with Gasteiger partial charge >= 0.3 is 0 Å². The number of amides is 1. The number of rotatable bonds is 5. The molecule has 1 saturated carbocycles. The maximum absolute atomic E-state index is 11.3. The van der Waals surface area contributed by atoms with Crippen LogP contribution in [0.3, 0.4) is 0 Å². The molecule has 3 N–H and O–H groups in total. The first-order valence-electron chi connectivity index (χ1n) is 5.12. The van der Waals surface area contributed by atoms with E-state index in [0.717, 1.165) is 44.9 Å². The molecule has 1 fully saturated rings. The Bertz CT molecular complexity index is 174. The highest BCUT2D eigenvalue weighted by Gasteiger charge is 2.38.